The van der Waals surface area contributed by atoms with Crippen LogP contribution in [0, 0.1) is 17.4 Å². The number of halogens is 2. The van der Waals surface area contributed by atoms with Crippen LogP contribution in [0.4, 0.5) is 4.79 Å². The van der Waals surface area contributed by atoms with E-state index in [1.165, 1.54) is 8.47 Å². The van der Waals surface area contributed by atoms with E-state index in [2.05, 4.69) is 51.4 Å². The van der Waals surface area contributed by atoms with Crippen LogP contribution < -0.4 is 0 Å². The van der Waals surface area contributed by atoms with E-state index in [1.54, 1.807) is 12.1 Å². The number of hydrogen-bond acceptors (Lipinski definition) is 3. The average molecular weight is 549 g/mol. The predicted octanol–water partition coefficient (Wildman–Crippen LogP) is 6.59. The molecule has 2 aromatic carbocycles. The van der Waals surface area contributed by atoms with Gasteiger partial charge in [-0.3, -0.25) is 14.5 Å². The summed E-state index contributed by atoms with van der Waals surface area (Å²) in [5, 5.41) is 0.315. The Morgan fingerprint density at radius 1 is 1.07 bits per heavy atom. The van der Waals surface area contributed by atoms with Gasteiger partial charge in [-0.25, -0.2) is 0 Å². The highest BCUT2D eigenvalue weighted by atomic mass is 127. The molecule has 0 aliphatic carbocycles. The quantitative estimate of drug-likeness (QED) is 0.273. The second kappa shape index (κ2) is 8.61. The topological polar surface area (TPSA) is 42.3 Å². The van der Waals surface area contributed by atoms with Gasteiger partial charge >= 0.3 is 0 Å². The number of aromatic nitrogens is 1. The van der Waals surface area contributed by atoms with Crippen molar-refractivity contribution in [2.45, 2.75) is 20.4 Å². The van der Waals surface area contributed by atoms with E-state index < -0.39 is 0 Å². The van der Waals surface area contributed by atoms with Crippen molar-refractivity contribution in [2.24, 2.45) is 0 Å². The van der Waals surface area contributed by atoms with Crippen LogP contribution in [0.25, 0.3) is 11.8 Å². The van der Waals surface area contributed by atoms with Crippen LogP contribution in [-0.4, -0.2) is 20.6 Å². The van der Waals surface area contributed by atoms with Crippen molar-refractivity contribution in [3.8, 4) is 5.69 Å². The molecular weight excluding hydrogens is 531 g/mol. The van der Waals surface area contributed by atoms with E-state index in [1.807, 2.05) is 38.1 Å². The Bertz CT molecular complexity index is 1180. The minimum atomic E-state index is -0.274. The number of amides is 2. The SMILES string of the molecule is Cc1cc(/C=C2\SC(=O)N(Cc3cccc(Cl)c3)C2=O)c(C)n1-c1ccc(I)cc1. The smallest absolute Gasteiger partial charge is 0.293 e. The van der Waals surface area contributed by atoms with Crippen LogP contribution in [0.15, 0.2) is 59.5 Å². The number of hydrogen-bond donors (Lipinski definition) is 0. The van der Waals surface area contributed by atoms with Gasteiger partial charge in [0.25, 0.3) is 11.1 Å². The Balaban J connectivity index is 1.62. The van der Waals surface area contributed by atoms with Crippen molar-refractivity contribution in [3.63, 3.8) is 0 Å². The van der Waals surface area contributed by atoms with Crippen LogP contribution in [0.5, 0.6) is 0 Å². The number of nitrogens with zero attached hydrogens (tertiary/aromatic N) is 2. The molecule has 30 heavy (non-hydrogen) atoms. The molecule has 0 spiro atoms. The zero-order valence-electron chi connectivity index (χ0n) is 16.4. The van der Waals surface area contributed by atoms with Crippen molar-refractivity contribution >= 4 is 63.2 Å². The lowest BCUT2D eigenvalue weighted by molar-refractivity contribution is -0.123. The summed E-state index contributed by atoms with van der Waals surface area (Å²) in [6.45, 7) is 4.27. The maximum Gasteiger partial charge on any atom is 0.293 e. The molecule has 3 aromatic rings. The highest BCUT2D eigenvalue weighted by molar-refractivity contribution is 14.1. The third-order valence-corrected chi connectivity index (χ3v) is 6.81. The Morgan fingerprint density at radius 2 is 1.80 bits per heavy atom. The fourth-order valence-electron chi connectivity index (χ4n) is 3.52. The summed E-state index contributed by atoms with van der Waals surface area (Å²) in [5.74, 6) is -0.274. The zero-order valence-corrected chi connectivity index (χ0v) is 20.1. The average Bonchev–Trinajstić information content (AvgIpc) is 3.13. The molecule has 2 amide bonds. The third kappa shape index (κ3) is 4.22. The first-order valence-corrected chi connectivity index (χ1v) is 11.6. The van der Waals surface area contributed by atoms with Crippen LogP contribution in [-0.2, 0) is 11.3 Å². The van der Waals surface area contributed by atoms with E-state index in [0.29, 0.717) is 9.93 Å². The molecule has 1 saturated heterocycles. The molecule has 1 aliphatic rings. The van der Waals surface area contributed by atoms with Crippen LogP contribution >= 0.6 is 46.0 Å². The second-order valence-corrected chi connectivity index (χ2v) is 9.71. The fraction of sp³-hybridized carbons (Fsp3) is 0.130. The molecule has 0 N–H and O–H groups in total. The molecule has 1 aliphatic heterocycles. The summed E-state index contributed by atoms with van der Waals surface area (Å²) in [5.41, 5.74) is 4.91. The van der Waals surface area contributed by atoms with Gasteiger partial charge in [-0.2, -0.15) is 0 Å². The molecule has 152 valence electrons. The van der Waals surface area contributed by atoms with Gasteiger partial charge in [0.1, 0.15) is 0 Å². The number of carbonyl (C=O) groups excluding carboxylic acids is 2. The van der Waals surface area contributed by atoms with E-state index in [4.69, 9.17) is 11.6 Å². The molecule has 0 bridgehead atoms. The molecule has 1 fully saturated rings. The summed E-state index contributed by atoms with van der Waals surface area (Å²) in [4.78, 5) is 27.1. The van der Waals surface area contributed by atoms with E-state index in [-0.39, 0.29) is 17.7 Å². The van der Waals surface area contributed by atoms with Crippen LogP contribution in [0.2, 0.25) is 5.02 Å². The lowest BCUT2D eigenvalue weighted by Gasteiger charge is -2.12. The number of benzene rings is 2. The molecule has 4 rings (SSSR count). The number of carbonyl (C=O) groups is 2. The second-order valence-electron chi connectivity index (χ2n) is 7.04. The number of thioether (sulfide) groups is 1. The van der Waals surface area contributed by atoms with Crippen molar-refractivity contribution in [1.82, 2.24) is 9.47 Å². The van der Waals surface area contributed by atoms with E-state index in [0.717, 1.165) is 40.0 Å². The summed E-state index contributed by atoms with van der Waals surface area (Å²) < 4.78 is 3.32. The van der Waals surface area contributed by atoms with Gasteiger partial charge in [0.15, 0.2) is 0 Å². The molecule has 7 heteroatoms. The minimum Gasteiger partial charge on any atom is -0.318 e. The third-order valence-electron chi connectivity index (χ3n) is 4.95. The van der Waals surface area contributed by atoms with Gasteiger partial charge in [0.05, 0.1) is 11.4 Å². The molecular formula is C23H18ClIN2O2S. The first-order valence-electron chi connectivity index (χ1n) is 9.28. The van der Waals surface area contributed by atoms with E-state index in [9.17, 15) is 9.59 Å². The van der Waals surface area contributed by atoms with E-state index >= 15 is 0 Å². The monoisotopic (exact) mass is 548 g/mol. The number of imide groups is 1. The highest BCUT2D eigenvalue weighted by Gasteiger charge is 2.35. The molecule has 1 aromatic heterocycles. The molecule has 2 heterocycles. The Labute approximate surface area is 198 Å². The maximum atomic E-state index is 12.9. The molecule has 0 atom stereocenters. The lowest BCUT2D eigenvalue weighted by Crippen LogP contribution is -2.27. The minimum absolute atomic E-state index is 0.213. The lowest BCUT2D eigenvalue weighted by atomic mass is 10.2. The normalized spacial score (nSPS) is 15.5. The summed E-state index contributed by atoms with van der Waals surface area (Å²) >= 11 is 9.29. The Kier molecular flexibility index (Phi) is 6.09. The van der Waals surface area contributed by atoms with Crippen LogP contribution in [0.1, 0.15) is 22.5 Å². The first-order chi connectivity index (χ1) is 14.3. The van der Waals surface area contributed by atoms with Gasteiger partial charge in [-0.15, -0.1) is 0 Å². The van der Waals surface area contributed by atoms with Crippen molar-refractivity contribution in [2.75, 3.05) is 0 Å². The molecule has 0 unspecified atom stereocenters. The maximum absolute atomic E-state index is 12.9. The first kappa shape index (κ1) is 21.2. The number of aryl methyl sites for hydroxylation is 1. The van der Waals surface area contributed by atoms with Gasteiger partial charge < -0.3 is 4.57 Å². The summed E-state index contributed by atoms with van der Waals surface area (Å²) in [6.07, 6.45) is 1.81. The molecule has 4 nitrogen and oxygen atoms in total. The largest absolute Gasteiger partial charge is 0.318 e. The van der Waals surface area contributed by atoms with Crippen LogP contribution in [0.3, 0.4) is 0 Å². The highest BCUT2D eigenvalue weighted by Crippen LogP contribution is 2.35. The summed E-state index contributed by atoms with van der Waals surface area (Å²) in [7, 11) is 0. The van der Waals surface area contributed by atoms with Crippen molar-refractivity contribution in [1.29, 1.82) is 0 Å². The fourth-order valence-corrected chi connectivity index (χ4v) is 4.92. The van der Waals surface area contributed by atoms with Crippen molar-refractivity contribution in [3.05, 3.63) is 90.6 Å². The predicted molar refractivity (Wildman–Crippen MR) is 131 cm³/mol. The Hall–Kier alpha value is -2.03. The van der Waals surface area contributed by atoms with Gasteiger partial charge in [0.2, 0.25) is 0 Å². The van der Waals surface area contributed by atoms with Gasteiger partial charge in [0, 0.05) is 25.7 Å². The standard InChI is InChI=1S/C23H18ClIN2O2S/c1-14-10-17(15(2)27(14)20-8-6-19(25)7-9-20)12-21-22(28)26(23(29)30-21)13-16-4-3-5-18(24)11-16/h3-12H,13H2,1-2H3/b21-12-. The van der Waals surface area contributed by atoms with Gasteiger partial charge in [-0.1, -0.05) is 23.7 Å². The zero-order chi connectivity index (χ0) is 21.4. The summed E-state index contributed by atoms with van der Waals surface area (Å²) in [6, 6.07) is 17.5. The number of rotatable bonds is 4. The Morgan fingerprint density at radius 3 is 2.50 bits per heavy atom. The van der Waals surface area contributed by atoms with Gasteiger partial charge in [-0.05, 0) is 108 Å². The molecule has 0 radical (unpaired) electrons. The molecule has 0 saturated carbocycles. The van der Waals surface area contributed by atoms with Crippen molar-refractivity contribution < 1.29 is 9.59 Å².